The molecule has 176 valence electrons. The lowest BCUT2D eigenvalue weighted by atomic mass is 9.46. The number of aliphatic hydroxyl groups is 2. The van der Waals surface area contributed by atoms with Gasteiger partial charge in [-0.3, -0.25) is 4.79 Å². The summed E-state index contributed by atoms with van der Waals surface area (Å²) in [6.07, 6.45) is 12.0. The molecule has 0 aromatic rings. The van der Waals surface area contributed by atoms with E-state index in [2.05, 4.69) is 26.8 Å². The molecule has 0 aromatic heterocycles. The zero-order chi connectivity index (χ0) is 22.6. The molecule has 0 spiro atoms. The summed E-state index contributed by atoms with van der Waals surface area (Å²) in [6, 6.07) is 0. The molecule has 0 aromatic carbocycles. The fraction of sp³-hybridized carbons (Fsp3) is 0.889. The summed E-state index contributed by atoms with van der Waals surface area (Å²) < 4.78 is 0. The van der Waals surface area contributed by atoms with Crippen LogP contribution < -0.4 is 0 Å². The van der Waals surface area contributed by atoms with Crippen LogP contribution in [0.3, 0.4) is 0 Å². The van der Waals surface area contributed by atoms with Gasteiger partial charge in [0.15, 0.2) is 0 Å². The highest BCUT2D eigenvalue weighted by Crippen LogP contribution is 2.67. The van der Waals surface area contributed by atoms with Gasteiger partial charge >= 0.3 is 5.97 Å². The van der Waals surface area contributed by atoms with Gasteiger partial charge in [0.1, 0.15) is 0 Å². The van der Waals surface area contributed by atoms with Gasteiger partial charge in [-0.05, 0) is 91.8 Å². The normalized spacial score (nSPS) is 46.3. The maximum Gasteiger partial charge on any atom is 0.306 e. The molecule has 0 amide bonds. The van der Waals surface area contributed by atoms with Crippen molar-refractivity contribution in [2.24, 2.45) is 46.3 Å². The number of hydrogen-bond donors (Lipinski definition) is 3. The van der Waals surface area contributed by atoms with Crippen molar-refractivity contribution in [2.75, 3.05) is 0 Å². The first-order chi connectivity index (χ1) is 14.6. The van der Waals surface area contributed by atoms with Gasteiger partial charge in [-0.25, -0.2) is 0 Å². The molecule has 0 heterocycles. The average Bonchev–Trinajstić information content (AvgIpc) is 3.06. The molecule has 4 nitrogen and oxygen atoms in total. The molecule has 4 aliphatic carbocycles. The van der Waals surface area contributed by atoms with Crippen molar-refractivity contribution < 1.29 is 20.1 Å². The summed E-state index contributed by atoms with van der Waals surface area (Å²) >= 11 is 0. The van der Waals surface area contributed by atoms with Crippen LogP contribution in [0.5, 0.6) is 0 Å². The molecular weight excluding hydrogens is 388 g/mol. The molecule has 4 heteroatoms. The van der Waals surface area contributed by atoms with E-state index < -0.39 is 5.97 Å². The second-order valence-corrected chi connectivity index (χ2v) is 12.2. The molecule has 0 saturated heterocycles. The fourth-order valence-corrected chi connectivity index (χ4v) is 8.68. The largest absolute Gasteiger partial charge is 0.481 e. The molecule has 0 radical (unpaired) electrons. The second kappa shape index (κ2) is 8.48. The lowest BCUT2D eigenvalue weighted by molar-refractivity contribution is -0.141. The van der Waals surface area contributed by atoms with E-state index >= 15 is 0 Å². The van der Waals surface area contributed by atoms with Gasteiger partial charge in [-0.1, -0.05) is 52.2 Å². The van der Waals surface area contributed by atoms with Gasteiger partial charge in [0.2, 0.25) is 0 Å². The third kappa shape index (κ3) is 3.90. The highest BCUT2D eigenvalue weighted by atomic mass is 16.4. The van der Waals surface area contributed by atoms with Gasteiger partial charge in [0.05, 0.1) is 18.1 Å². The predicted molar refractivity (Wildman–Crippen MR) is 122 cm³/mol. The number of carboxylic acids is 1. The van der Waals surface area contributed by atoms with Crippen molar-refractivity contribution in [3.63, 3.8) is 0 Å². The van der Waals surface area contributed by atoms with Crippen LogP contribution in [0.25, 0.3) is 0 Å². The Bertz CT molecular complexity index is 716. The van der Waals surface area contributed by atoms with Crippen LogP contribution in [-0.4, -0.2) is 33.5 Å². The van der Waals surface area contributed by atoms with Crippen molar-refractivity contribution in [3.05, 3.63) is 11.6 Å². The van der Waals surface area contributed by atoms with E-state index in [0.29, 0.717) is 29.6 Å². The molecule has 3 fully saturated rings. The molecule has 3 N–H and O–H groups in total. The van der Waals surface area contributed by atoms with Crippen molar-refractivity contribution in [1.82, 2.24) is 0 Å². The summed E-state index contributed by atoms with van der Waals surface area (Å²) in [5.74, 6) is 1.83. The van der Waals surface area contributed by atoms with Crippen LogP contribution in [0.1, 0.15) is 91.9 Å². The van der Waals surface area contributed by atoms with Crippen LogP contribution in [-0.2, 0) is 4.79 Å². The molecule has 5 unspecified atom stereocenters. The number of fused-ring (bicyclic) bond motifs is 5. The molecule has 10 atom stereocenters. The minimum Gasteiger partial charge on any atom is -0.481 e. The van der Waals surface area contributed by atoms with Gasteiger partial charge < -0.3 is 15.3 Å². The summed E-state index contributed by atoms with van der Waals surface area (Å²) in [5.41, 5.74) is 1.76. The first-order valence-corrected chi connectivity index (χ1v) is 12.9. The Hall–Kier alpha value is -0.870. The Labute approximate surface area is 188 Å². The maximum absolute atomic E-state index is 11.3. The third-order valence-corrected chi connectivity index (χ3v) is 10.6. The van der Waals surface area contributed by atoms with Crippen LogP contribution in [0.15, 0.2) is 11.6 Å². The minimum atomic E-state index is -0.679. The summed E-state index contributed by atoms with van der Waals surface area (Å²) in [4.78, 5) is 11.1. The van der Waals surface area contributed by atoms with E-state index in [1.807, 2.05) is 6.92 Å². The van der Waals surface area contributed by atoms with Crippen LogP contribution in [0.4, 0.5) is 0 Å². The molecule has 31 heavy (non-hydrogen) atoms. The fourth-order valence-electron chi connectivity index (χ4n) is 8.68. The number of aliphatic carboxylic acids is 1. The lowest BCUT2D eigenvalue weighted by Crippen LogP contribution is -2.54. The Morgan fingerprint density at radius 1 is 1.06 bits per heavy atom. The summed E-state index contributed by atoms with van der Waals surface area (Å²) in [5, 5.41) is 30.6. The minimum absolute atomic E-state index is 0.154. The first-order valence-electron chi connectivity index (χ1n) is 12.9. The van der Waals surface area contributed by atoms with Gasteiger partial charge in [0.25, 0.3) is 0 Å². The van der Waals surface area contributed by atoms with Crippen molar-refractivity contribution >= 4 is 5.97 Å². The first kappa shape index (κ1) is 23.3. The summed E-state index contributed by atoms with van der Waals surface area (Å²) in [6.45, 7) is 9.11. The summed E-state index contributed by atoms with van der Waals surface area (Å²) in [7, 11) is 0. The van der Waals surface area contributed by atoms with Crippen molar-refractivity contribution in [1.29, 1.82) is 0 Å². The monoisotopic (exact) mass is 432 g/mol. The smallest absolute Gasteiger partial charge is 0.306 e. The predicted octanol–water partition coefficient (Wildman–Crippen LogP) is 5.42. The highest BCUT2D eigenvalue weighted by Gasteiger charge is 2.61. The molecular formula is C27H44O4. The molecule has 3 saturated carbocycles. The van der Waals surface area contributed by atoms with Crippen molar-refractivity contribution in [3.8, 4) is 0 Å². The Morgan fingerprint density at radius 3 is 2.52 bits per heavy atom. The standard InChI is InChI=1S/C27H44O4/c1-16(6-5-7-17(2)25(30)31)20-8-9-21-24-22(11-13-27(20,21)4)26(3)12-10-19(28)14-18(26)15-23(24)29/h15-17,19-24,28-29H,5-14H2,1-4H3,(H,30,31)/t16-,17?,19+,20?,21?,22?,23-,24?,26+,27-/m1/s1. The number of rotatable bonds is 6. The van der Waals surface area contributed by atoms with Gasteiger partial charge in [-0.2, -0.15) is 0 Å². The quantitative estimate of drug-likeness (QED) is 0.490. The SMILES string of the molecule is CC(CCC[C@@H](C)C1CCC2C3C(CC[C@@]21C)[C@@]1(C)CC[C@H](O)CC1=C[C@H]3O)C(=O)O. The van der Waals surface area contributed by atoms with E-state index in [9.17, 15) is 15.0 Å². The molecule has 4 aliphatic rings. The van der Waals surface area contributed by atoms with E-state index in [4.69, 9.17) is 5.11 Å². The van der Waals surface area contributed by atoms with Crippen LogP contribution in [0, 0.1) is 46.3 Å². The van der Waals surface area contributed by atoms with E-state index in [-0.39, 0.29) is 29.0 Å². The Kier molecular flexibility index (Phi) is 6.37. The second-order valence-electron chi connectivity index (χ2n) is 12.2. The van der Waals surface area contributed by atoms with Gasteiger partial charge in [-0.15, -0.1) is 0 Å². The third-order valence-electron chi connectivity index (χ3n) is 10.6. The highest BCUT2D eigenvalue weighted by molar-refractivity contribution is 5.69. The van der Waals surface area contributed by atoms with Crippen LogP contribution >= 0.6 is 0 Å². The van der Waals surface area contributed by atoms with Crippen LogP contribution in [0.2, 0.25) is 0 Å². The van der Waals surface area contributed by atoms with Crippen molar-refractivity contribution in [2.45, 2.75) is 104 Å². The zero-order valence-corrected chi connectivity index (χ0v) is 20.0. The maximum atomic E-state index is 11.3. The van der Waals surface area contributed by atoms with E-state index in [1.54, 1.807) is 0 Å². The molecule has 4 rings (SSSR count). The number of carboxylic acid groups (broad SMARTS) is 1. The zero-order valence-electron chi connectivity index (χ0n) is 20.0. The Balaban J connectivity index is 1.48. The van der Waals surface area contributed by atoms with Gasteiger partial charge in [0, 0.05) is 0 Å². The molecule has 0 aliphatic heterocycles. The average molecular weight is 433 g/mol. The number of carbonyl (C=O) groups is 1. The van der Waals surface area contributed by atoms with E-state index in [0.717, 1.165) is 38.5 Å². The Morgan fingerprint density at radius 2 is 1.81 bits per heavy atom. The topological polar surface area (TPSA) is 77.8 Å². The number of aliphatic hydroxyl groups excluding tert-OH is 2. The van der Waals surface area contributed by atoms with E-state index in [1.165, 1.54) is 31.3 Å². The number of hydrogen-bond acceptors (Lipinski definition) is 3. The molecule has 0 bridgehead atoms. The lowest BCUT2D eigenvalue weighted by Gasteiger charge is -2.59.